The number of carbonyl (C=O) groups is 1. The van der Waals surface area contributed by atoms with Crippen molar-refractivity contribution in [2.24, 2.45) is 0 Å². The second-order valence-electron chi connectivity index (χ2n) is 6.92. The van der Waals surface area contributed by atoms with Gasteiger partial charge in [0.15, 0.2) is 0 Å². The van der Waals surface area contributed by atoms with Crippen molar-refractivity contribution in [2.75, 3.05) is 5.32 Å². The number of nitrogens with one attached hydrogen (secondary N) is 1. The first-order valence-electron chi connectivity index (χ1n) is 9.36. The molecule has 0 fully saturated rings. The van der Waals surface area contributed by atoms with E-state index in [2.05, 4.69) is 33.7 Å². The number of para-hydroxylation sites is 1. The van der Waals surface area contributed by atoms with E-state index in [0.29, 0.717) is 5.82 Å². The van der Waals surface area contributed by atoms with Crippen molar-refractivity contribution in [3.8, 4) is 23.0 Å². The predicted molar refractivity (Wildman–Crippen MR) is 112 cm³/mol. The highest BCUT2D eigenvalue weighted by atomic mass is 16.2. The molecule has 0 aliphatic heterocycles. The number of nitriles is 1. The zero-order chi connectivity index (χ0) is 21.1. The van der Waals surface area contributed by atoms with Crippen LogP contribution in [0.1, 0.15) is 17.0 Å². The van der Waals surface area contributed by atoms with Gasteiger partial charge in [-0.15, -0.1) is 10.2 Å². The average molecular weight is 397 g/mol. The number of rotatable bonds is 5. The molecule has 8 nitrogen and oxygen atoms in total. The zero-order valence-electron chi connectivity index (χ0n) is 16.6. The highest BCUT2D eigenvalue weighted by molar-refractivity contribution is 5.91. The summed E-state index contributed by atoms with van der Waals surface area (Å²) in [5.41, 5.74) is 4.82. The number of aryl methyl sites for hydroxylation is 2. The van der Waals surface area contributed by atoms with Crippen molar-refractivity contribution >= 4 is 11.7 Å². The van der Waals surface area contributed by atoms with Gasteiger partial charge in [-0.05, 0) is 37.6 Å². The van der Waals surface area contributed by atoms with E-state index in [-0.39, 0.29) is 18.3 Å². The second-order valence-corrected chi connectivity index (χ2v) is 6.92. The third kappa shape index (κ3) is 3.82. The molecule has 4 rings (SSSR count). The molecule has 0 spiro atoms. The van der Waals surface area contributed by atoms with Crippen molar-refractivity contribution < 1.29 is 4.79 Å². The van der Waals surface area contributed by atoms with Crippen LogP contribution in [0, 0.1) is 25.2 Å². The maximum absolute atomic E-state index is 12.7. The number of hydrogen-bond donors (Lipinski definition) is 1. The Hall–Kier alpha value is -4.25. The lowest BCUT2D eigenvalue weighted by Crippen LogP contribution is -2.21. The Labute approximate surface area is 173 Å². The summed E-state index contributed by atoms with van der Waals surface area (Å²) >= 11 is 0. The van der Waals surface area contributed by atoms with Crippen LogP contribution in [0.25, 0.3) is 16.9 Å². The molecule has 0 atom stereocenters. The number of amides is 1. The summed E-state index contributed by atoms with van der Waals surface area (Å²) in [6.07, 6.45) is 1.36. The van der Waals surface area contributed by atoms with Crippen LogP contribution in [-0.4, -0.2) is 30.5 Å². The van der Waals surface area contributed by atoms with Crippen molar-refractivity contribution in [3.05, 3.63) is 77.9 Å². The van der Waals surface area contributed by atoms with Gasteiger partial charge < -0.3 is 5.32 Å². The first kappa shape index (κ1) is 19.1. The molecule has 0 aliphatic carbocycles. The molecule has 148 valence electrons. The van der Waals surface area contributed by atoms with Crippen LogP contribution in [0.2, 0.25) is 0 Å². The van der Waals surface area contributed by atoms with Crippen LogP contribution in [0.15, 0.2) is 60.9 Å². The Morgan fingerprint density at radius 2 is 1.93 bits per heavy atom. The summed E-state index contributed by atoms with van der Waals surface area (Å²) in [4.78, 5) is 12.7. The Kier molecular flexibility index (Phi) is 5.09. The molecule has 1 amide bonds. The molecule has 0 saturated carbocycles. The molecule has 0 radical (unpaired) electrons. The van der Waals surface area contributed by atoms with Crippen molar-refractivity contribution in [2.45, 2.75) is 20.4 Å². The fourth-order valence-electron chi connectivity index (χ4n) is 3.17. The minimum atomic E-state index is -0.309. The van der Waals surface area contributed by atoms with E-state index in [0.717, 1.165) is 28.1 Å². The molecule has 8 heteroatoms. The summed E-state index contributed by atoms with van der Waals surface area (Å²) in [6.45, 7) is 3.99. The fourth-order valence-corrected chi connectivity index (χ4v) is 3.17. The fraction of sp³-hybridized carbons (Fsp3) is 0.136. The molecule has 0 aliphatic rings. The molecule has 2 heterocycles. The number of carbonyl (C=O) groups excluding carboxylic acids is 1. The number of aromatic nitrogens is 5. The van der Waals surface area contributed by atoms with Crippen LogP contribution in [-0.2, 0) is 11.3 Å². The van der Waals surface area contributed by atoms with Crippen LogP contribution in [0.3, 0.4) is 0 Å². The highest BCUT2D eigenvalue weighted by Crippen LogP contribution is 2.28. The molecular formula is C22H19N7O. The summed E-state index contributed by atoms with van der Waals surface area (Å²) in [5, 5.41) is 24.1. The van der Waals surface area contributed by atoms with Gasteiger partial charge in [-0.3, -0.25) is 9.36 Å². The lowest BCUT2D eigenvalue weighted by atomic mass is 10.0. The first-order valence-corrected chi connectivity index (χ1v) is 9.36. The maximum atomic E-state index is 12.7. The molecule has 0 bridgehead atoms. The number of benzene rings is 2. The summed E-state index contributed by atoms with van der Waals surface area (Å²) < 4.78 is 3.09. The highest BCUT2D eigenvalue weighted by Gasteiger charge is 2.16. The summed E-state index contributed by atoms with van der Waals surface area (Å²) in [5.74, 6) is 0.308. The Bertz CT molecular complexity index is 1250. The topological polar surface area (TPSA) is 101 Å². The number of nitrogens with zero attached hydrogens (tertiary/aromatic N) is 6. The molecule has 2 aromatic heterocycles. The van der Waals surface area contributed by atoms with E-state index in [4.69, 9.17) is 10.4 Å². The predicted octanol–water partition coefficient (Wildman–Crippen LogP) is 3.26. The molecule has 4 aromatic rings. The first-order chi connectivity index (χ1) is 14.5. The minimum Gasteiger partial charge on any atom is -0.309 e. The van der Waals surface area contributed by atoms with Gasteiger partial charge in [-0.1, -0.05) is 35.9 Å². The van der Waals surface area contributed by atoms with E-state index in [1.54, 1.807) is 4.68 Å². The quantitative estimate of drug-likeness (QED) is 0.557. The standard InChI is InChI=1S/C22H19N7O/c1-15-8-9-16(2)18(10-15)19-11-20(29(27-19)17-6-4-3-5-7-17)25-22(30)13-28-14-24-26-21(28)12-23/h3-11,14H,13H2,1-2H3,(H,25,30). The smallest absolute Gasteiger partial charge is 0.245 e. The van der Waals surface area contributed by atoms with E-state index in [1.165, 1.54) is 10.9 Å². The van der Waals surface area contributed by atoms with Crippen molar-refractivity contribution in [1.82, 2.24) is 24.5 Å². The van der Waals surface area contributed by atoms with E-state index < -0.39 is 0 Å². The minimum absolute atomic E-state index is 0.0747. The molecule has 0 unspecified atom stereocenters. The number of anilines is 1. The molecule has 0 saturated heterocycles. The number of hydrogen-bond acceptors (Lipinski definition) is 5. The molecular weight excluding hydrogens is 378 g/mol. The lowest BCUT2D eigenvalue weighted by molar-refractivity contribution is -0.116. The maximum Gasteiger partial charge on any atom is 0.245 e. The van der Waals surface area contributed by atoms with Crippen LogP contribution in [0.4, 0.5) is 5.82 Å². The Morgan fingerprint density at radius 3 is 2.70 bits per heavy atom. The van der Waals surface area contributed by atoms with Gasteiger partial charge in [-0.25, -0.2) is 4.68 Å². The Balaban J connectivity index is 1.71. The lowest BCUT2D eigenvalue weighted by Gasteiger charge is -2.09. The van der Waals surface area contributed by atoms with Gasteiger partial charge in [0.2, 0.25) is 11.7 Å². The van der Waals surface area contributed by atoms with Crippen molar-refractivity contribution in [3.63, 3.8) is 0 Å². The molecule has 30 heavy (non-hydrogen) atoms. The van der Waals surface area contributed by atoms with Gasteiger partial charge >= 0.3 is 0 Å². The third-order valence-electron chi connectivity index (χ3n) is 4.68. The van der Waals surface area contributed by atoms with Crippen LogP contribution < -0.4 is 5.32 Å². The average Bonchev–Trinajstić information content (AvgIpc) is 3.37. The van der Waals surface area contributed by atoms with Crippen LogP contribution >= 0.6 is 0 Å². The van der Waals surface area contributed by atoms with Gasteiger partial charge in [0.05, 0.1) is 11.4 Å². The zero-order valence-corrected chi connectivity index (χ0v) is 16.6. The second kappa shape index (κ2) is 8.01. The third-order valence-corrected chi connectivity index (χ3v) is 4.68. The van der Waals surface area contributed by atoms with E-state index in [9.17, 15) is 4.79 Å². The van der Waals surface area contributed by atoms with Gasteiger partial charge in [0, 0.05) is 11.6 Å². The van der Waals surface area contributed by atoms with Gasteiger partial charge in [-0.2, -0.15) is 10.4 Å². The van der Waals surface area contributed by atoms with Gasteiger partial charge in [0.25, 0.3) is 0 Å². The van der Waals surface area contributed by atoms with Crippen molar-refractivity contribution in [1.29, 1.82) is 5.26 Å². The van der Waals surface area contributed by atoms with Crippen LogP contribution in [0.5, 0.6) is 0 Å². The van der Waals surface area contributed by atoms with E-state index in [1.807, 2.05) is 56.3 Å². The van der Waals surface area contributed by atoms with E-state index >= 15 is 0 Å². The summed E-state index contributed by atoms with van der Waals surface area (Å²) in [7, 11) is 0. The normalized spacial score (nSPS) is 10.6. The SMILES string of the molecule is Cc1ccc(C)c(-c2cc(NC(=O)Cn3cnnc3C#N)n(-c3ccccc3)n2)c1. The molecule has 1 N–H and O–H groups in total. The molecule has 2 aromatic carbocycles. The van der Waals surface area contributed by atoms with Gasteiger partial charge in [0.1, 0.15) is 24.8 Å². The monoisotopic (exact) mass is 397 g/mol. The summed E-state index contributed by atoms with van der Waals surface area (Å²) in [6, 6.07) is 19.5. The Morgan fingerprint density at radius 1 is 1.13 bits per heavy atom. The largest absolute Gasteiger partial charge is 0.309 e.